The third-order valence-electron chi connectivity index (χ3n) is 7.11. The van der Waals surface area contributed by atoms with Crippen molar-refractivity contribution in [1.82, 2.24) is 10.2 Å². The second-order valence-corrected chi connectivity index (χ2v) is 8.26. The molecule has 0 aromatic heterocycles. The highest BCUT2D eigenvalue weighted by Crippen LogP contribution is 2.58. The lowest BCUT2D eigenvalue weighted by atomic mass is 9.79. The van der Waals surface area contributed by atoms with Gasteiger partial charge in [0.1, 0.15) is 0 Å². The Balaban J connectivity index is 1.19. The van der Waals surface area contributed by atoms with Crippen LogP contribution in [0.15, 0.2) is 0 Å². The van der Waals surface area contributed by atoms with Gasteiger partial charge in [0.25, 0.3) is 0 Å². The summed E-state index contributed by atoms with van der Waals surface area (Å²) < 4.78 is 0. The van der Waals surface area contributed by atoms with Crippen LogP contribution in [-0.2, 0) is 4.79 Å². The van der Waals surface area contributed by atoms with Crippen LogP contribution >= 0.6 is 0 Å². The summed E-state index contributed by atoms with van der Waals surface area (Å²) in [5, 5.41) is 3.86. The van der Waals surface area contributed by atoms with Crippen molar-refractivity contribution in [1.29, 1.82) is 0 Å². The Bertz CT molecular complexity index is 410. The lowest BCUT2D eigenvalue weighted by molar-refractivity contribution is -0.130. The minimum atomic E-state index is 0.395. The van der Waals surface area contributed by atoms with Gasteiger partial charge in [-0.2, -0.15) is 0 Å². The summed E-state index contributed by atoms with van der Waals surface area (Å²) in [5.74, 6) is 4.58. The predicted octanol–water partition coefficient (Wildman–Crippen LogP) is 3.19. The molecule has 2 bridgehead atoms. The number of rotatable bonds is 5. The normalized spacial score (nSPS) is 41.0. The van der Waals surface area contributed by atoms with Crippen LogP contribution in [0.3, 0.4) is 0 Å². The molecule has 1 N–H and O–H groups in total. The molecule has 0 aromatic carbocycles. The molecule has 4 aliphatic rings. The number of carbonyl (C=O) groups is 1. The van der Waals surface area contributed by atoms with E-state index in [1.165, 1.54) is 44.9 Å². The summed E-state index contributed by atoms with van der Waals surface area (Å²) in [6, 6.07) is 0.796. The first kappa shape index (κ1) is 15.0. The van der Waals surface area contributed by atoms with Gasteiger partial charge in [0.05, 0.1) is 0 Å². The molecule has 3 heteroatoms. The zero-order chi connectivity index (χ0) is 14.9. The second kappa shape index (κ2) is 6.51. The third kappa shape index (κ3) is 2.81. The molecule has 0 radical (unpaired) electrons. The molecule has 5 atom stereocenters. The summed E-state index contributed by atoms with van der Waals surface area (Å²) in [4.78, 5) is 14.1. The average Bonchev–Trinajstić information content (AvgIpc) is 3.17. The largest absolute Gasteiger partial charge is 0.343 e. The minimum Gasteiger partial charge on any atom is -0.343 e. The smallest absolute Gasteiger partial charge is 0.222 e. The van der Waals surface area contributed by atoms with Crippen molar-refractivity contribution in [2.75, 3.05) is 19.6 Å². The van der Waals surface area contributed by atoms with Crippen LogP contribution in [0.2, 0.25) is 0 Å². The van der Waals surface area contributed by atoms with E-state index in [0.717, 1.165) is 68.6 Å². The Morgan fingerprint density at radius 1 is 1.00 bits per heavy atom. The van der Waals surface area contributed by atoms with E-state index >= 15 is 0 Å². The summed E-state index contributed by atoms with van der Waals surface area (Å²) in [5.41, 5.74) is 0. The van der Waals surface area contributed by atoms with Crippen LogP contribution in [0.4, 0.5) is 0 Å². The Morgan fingerprint density at radius 3 is 2.86 bits per heavy atom. The van der Waals surface area contributed by atoms with Gasteiger partial charge in [-0.15, -0.1) is 0 Å². The van der Waals surface area contributed by atoms with E-state index in [1.54, 1.807) is 0 Å². The van der Waals surface area contributed by atoms with E-state index in [1.807, 2.05) is 0 Å². The first-order valence-corrected chi connectivity index (χ1v) is 9.84. The maximum Gasteiger partial charge on any atom is 0.222 e. The van der Waals surface area contributed by atoms with Gasteiger partial charge in [0, 0.05) is 25.6 Å². The SMILES string of the molecule is O=C1CCCCCN1CCCN[C@@H]1C[C@H]2C[C@H]1[C@H]1CCC[C@H]21. The standard InChI is InChI=1S/C19H32N2O/c22-19-8-2-1-3-10-21(19)11-5-9-20-18-13-14-12-17(18)16-7-4-6-15(14)16/h14-18,20H,1-13H2/t14-,15-,16+,17+,18-/m1/s1. The molecule has 0 aromatic rings. The Hall–Kier alpha value is -0.570. The molecule has 1 saturated heterocycles. The zero-order valence-corrected chi connectivity index (χ0v) is 13.9. The fourth-order valence-electron chi connectivity index (χ4n) is 6.14. The number of fused-ring (bicyclic) bond motifs is 5. The number of amides is 1. The quantitative estimate of drug-likeness (QED) is 0.791. The molecule has 4 fully saturated rings. The summed E-state index contributed by atoms with van der Waals surface area (Å²) >= 11 is 0. The number of hydrogen-bond acceptors (Lipinski definition) is 2. The van der Waals surface area contributed by atoms with Gasteiger partial charge >= 0.3 is 0 Å². The van der Waals surface area contributed by atoms with Gasteiger partial charge in [-0.05, 0) is 75.2 Å². The molecule has 22 heavy (non-hydrogen) atoms. The molecule has 1 amide bonds. The third-order valence-corrected chi connectivity index (χ3v) is 7.11. The molecule has 3 nitrogen and oxygen atoms in total. The van der Waals surface area contributed by atoms with Crippen molar-refractivity contribution in [2.24, 2.45) is 23.7 Å². The fraction of sp³-hybridized carbons (Fsp3) is 0.947. The highest BCUT2D eigenvalue weighted by Gasteiger charge is 2.53. The molecule has 0 unspecified atom stereocenters. The lowest BCUT2D eigenvalue weighted by Crippen LogP contribution is -2.41. The highest BCUT2D eigenvalue weighted by molar-refractivity contribution is 5.76. The van der Waals surface area contributed by atoms with E-state index in [4.69, 9.17) is 0 Å². The van der Waals surface area contributed by atoms with Crippen molar-refractivity contribution in [2.45, 2.75) is 70.3 Å². The predicted molar refractivity (Wildman–Crippen MR) is 88.5 cm³/mol. The van der Waals surface area contributed by atoms with Gasteiger partial charge in [-0.3, -0.25) is 4.79 Å². The molecule has 3 aliphatic carbocycles. The van der Waals surface area contributed by atoms with Crippen molar-refractivity contribution in [3.8, 4) is 0 Å². The van der Waals surface area contributed by atoms with Crippen LogP contribution in [0.5, 0.6) is 0 Å². The van der Waals surface area contributed by atoms with E-state index in [2.05, 4.69) is 10.2 Å². The van der Waals surface area contributed by atoms with Gasteiger partial charge in [0.15, 0.2) is 0 Å². The second-order valence-electron chi connectivity index (χ2n) is 8.26. The van der Waals surface area contributed by atoms with E-state index in [9.17, 15) is 4.79 Å². The van der Waals surface area contributed by atoms with Crippen LogP contribution in [-0.4, -0.2) is 36.5 Å². The van der Waals surface area contributed by atoms with E-state index in [0.29, 0.717) is 5.91 Å². The minimum absolute atomic E-state index is 0.395. The molecule has 1 aliphatic heterocycles. The topological polar surface area (TPSA) is 32.3 Å². The summed E-state index contributed by atoms with van der Waals surface area (Å²) in [6.07, 6.45) is 12.9. The highest BCUT2D eigenvalue weighted by atomic mass is 16.2. The van der Waals surface area contributed by atoms with Crippen molar-refractivity contribution < 1.29 is 4.79 Å². The fourth-order valence-corrected chi connectivity index (χ4v) is 6.14. The summed E-state index contributed by atoms with van der Waals surface area (Å²) in [6.45, 7) is 3.07. The zero-order valence-electron chi connectivity index (χ0n) is 13.9. The van der Waals surface area contributed by atoms with E-state index < -0.39 is 0 Å². The molecular formula is C19H32N2O. The van der Waals surface area contributed by atoms with Crippen LogP contribution in [0.1, 0.15) is 64.2 Å². The molecule has 3 saturated carbocycles. The maximum absolute atomic E-state index is 12.0. The van der Waals surface area contributed by atoms with Crippen LogP contribution < -0.4 is 5.32 Å². The number of likely N-dealkylation sites (tertiary alicyclic amines) is 1. The molecule has 0 spiro atoms. The lowest BCUT2D eigenvalue weighted by Gasteiger charge is -2.32. The summed E-state index contributed by atoms with van der Waals surface area (Å²) in [7, 11) is 0. The van der Waals surface area contributed by atoms with Crippen molar-refractivity contribution in [3.05, 3.63) is 0 Å². The average molecular weight is 304 g/mol. The Labute approximate surface area is 135 Å². The number of nitrogens with zero attached hydrogens (tertiary/aromatic N) is 1. The van der Waals surface area contributed by atoms with Gasteiger partial charge < -0.3 is 10.2 Å². The van der Waals surface area contributed by atoms with Crippen molar-refractivity contribution >= 4 is 5.91 Å². The molecular weight excluding hydrogens is 272 g/mol. The van der Waals surface area contributed by atoms with Crippen LogP contribution in [0.25, 0.3) is 0 Å². The first-order valence-electron chi connectivity index (χ1n) is 9.84. The van der Waals surface area contributed by atoms with Crippen LogP contribution in [0, 0.1) is 23.7 Å². The maximum atomic E-state index is 12.0. The monoisotopic (exact) mass is 304 g/mol. The Morgan fingerprint density at radius 2 is 1.91 bits per heavy atom. The van der Waals surface area contributed by atoms with Gasteiger partial charge in [-0.1, -0.05) is 12.8 Å². The molecule has 4 rings (SSSR count). The van der Waals surface area contributed by atoms with Gasteiger partial charge in [-0.25, -0.2) is 0 Å². The number of hydrogen-bond donors (Lipinski definition) is 1. The van der Waals surface area contributed by atoms with E-state index in [-0.39, 0.29) is 0 Å². The number of nitrogens with one attached hydrogen (secondary N) is 1. The van der Waals surface area contributed by atoms with Gasteiger partial charge in [0.2, 0.25) is 5.91 Å². The van der Waals surface area contributed by atoms with Crippen molar-refractivity contribution in [3.63, 3.8) is 0 Å². The molecule has 1 heterocycles. The molecule has 124 valence electrons. The Kier molecular flexibility index (Phi) is 4.43. The first-order chi connectivity index (χ1) is 10.8. The number of carbonyl (C=O) groups excluding carboxylic acids is 1.